The van der Waals surface area contributed by atoms with Crippen LogP contribution in [-0.4, -0.2) is 23.5 Å². The lowest BCUT2D eigenvalue weighted by atomic mass is 9.43. The maximum atomic E-state index is 16.6. The zero-order valence-corrected chi connectivity index (χ0v) is 15.8. The normalized spacial score (nSPS) is 52.1. The highest BCUT2D eigenvalue weighted by Crippen LogP contribution is 2.68. The van der Waals surface area contributed by atoms with Gasteiger partial charge in [0.2, 0.25) is 0 Å². The smallest absolute Gasteiger partial charge is 0.302 e. The number of halogens is 1. The van der Waals surface area contributed by atoms with Crippen LogP contribution in [0.3, 0.4) is 0 Å². The minimum atomic E-state index is -1.16. The number of hydrogen-bond acceptors (Lipinski definition) is 3. The van der Waals surface area contributed by atoms with Gasteiger partial charge in [0.1, 0.15) is 17.6 Å². The average Bonchev–Trinajstić information content (AvgIpc) is 2.84. The fraction of sp³-hybridized carbons (Fsp3) is 0.905. The van der Waals surface area contributed by atoms with Gasteiger partial charge in [-0.1, -0.05) is 13.8 Å². The minimum absolute atomic E-state index is 0.0317. The molecule has 140 valence electrons. The van der Waals surface area contributed by atoms with Crippen LogP contribution in [0, 0.1) is 28.6 Å². The van der Waals surface area contributed by atoms with Gasteiger partial charge >= 0.3 is 5.97 Å². The number of ketones is 1. The van der Waals surface area contributed by atoms with Crippen LogP contribution < -0.4 is 0 Å². The summed E-state index contributed by atoms with van der Waals surface area (Å²) in [6, 6.07) is 0. The van der Waals surface area contributed by atoms with Crippen LogP contribution in [0.2, 0.25) is 0 Å². The predicted octanol–water partition coefficient (Wildman–Crippen LogP) is 4.62. The van der Waals surface area contributed by atoms with E-state index in [1.54, 1.807) is 0 Å². The van der Waals surface area contributed by atoms with E-state index in [9.17, 15) is 9.59 Å². The zero-order chi connectivity index (χ0) is 18.0. The van der Waals surface area contributed by atoms with Crippen molar-refractivity contribution in [3.05, 3.63) is 0 Å². The monoisotopic (exact) mass is 350 g/mol. The molecule has 4 rings (SSSR count). The number of ether oxygens (including phenoxy) is 1. The molecular weight excluding hydrogens is 319 g/mol. The van der Waals surface area contributed by atoms with Crippen LogP contribution in [0.5, 0.6) is 0 Å². The highest BCUT2D eigenvalue weighted by Gasteiger charge is 2.68. The van der Waals surface area contributed by atoms with Crippen molar-refractivity contribution >= 4 is 11.8 Å². The van der Waals surface area contributed by atoms with Gasteiger partial charge in [-0.05, 0) is 69.1 Å². The highest BCUT2D eigenvalue weighted by molar-refractivity contribution is 5.87. The molecule has 0 aromatic heterocycles. The topological polar surface area (TPSA) is 43.4 Å². The summed E-state index contributed by atoms with van der Waals surface area (Å²) in [7, 11) is 0. The Hall–Kier alpha value is -0.930. The van der Waals surface area contributed by atoms with Crippen LogP contribution in [-0.2, 0) is 14.3 Å². The lowest BCUT2D eigenvalue weighted by Crippen LogP contribution is -2.63. The Morgan fingerprint density at radius 3 is 2.56 bits per heavy atom. The molecule has 0 aliphatic heterocycles. The molecule has 0 radical (unpaired) electrons. The molecule has 4 aliphatic rings. The van der Waals surface area contributed by atoms with E-state index in [1.165, 1.54) is 6.92 Å². The second-order valence-corrected chi connectivity index (χ2v) is 9.65. The third-order valence-corrected chi connectivity index (χ3v) is 8.76. The van der Waals surface area contributed by atoms with Crippen molar-refractivity contribution in [3.8, 4) is 0 Å². The van der Waals surface area contributed by atoms with E-state index in [-0.39, 0.29) is 40.7 Å². The first-order valence-corrected chi connectivity index (χ1v) is 10.1. The van der Waals surface area contributed by atoms with Gasteiger partial charge < -0.3 is 4.74 Å². The number of alkyl halides is 1. The van der Waals surface area contributed by atoms with Crippen LogP contribution in [0.25, 0.3) is 0 Å². The largest absolute Gasteiger partial charge is 0.463 e. The Labute approximate surface area is 150 Å². The van der Waals surface area contributed by atoms with Gasteiger partial charge in [-0.25, -0.2) is 4.39 Å². The quantitative estimate of drug-likeness (QED) is 0.648. The molecule has 0 heterocycles. The molecule has 4 heteroatoms. The summed E-state index contributed by atoms with van der Waals surface area (Å²) in [5.41, 5.74) is -1.77. The maximum absolute atomic E-state index is 16.6. The first-order chi connectivity index (χ1) is 11.7. The van der Waals surface area contributed by atoms with Crippen molar-refractivity contribution in [1.29, 1.82) is 0 Å². The van der Waals surface area contributed by atoms with Crippen molar-refractivity contribution in [3.63, 3.8) is 0 Å². The zero-order valence-electron chi connectivity index (χ0n) is 15.8. The molecule has 7 atom stereocenters. The molecular formula is C21H31FO3. The van der Waals surface area contributed by atoms with Crippen molar-refractivity contribution < 1.29 is 18.7 Å². The van der Waals surface area contributed by atoms with E-state index in [4.69, 9.17) is 4.74 Å². The summed E-state index contributed by atoms with van der Waals surface area (Å²) in [6.45, 7) is 5.70. The Kier molecular flexibility index (Phi) is 3.87. The third-order valence-electron chi connectivity index (χ3n) is 8.76. The summed E-state index contributed by atoms with van der Waals surface area (Å²) >= 11 is 0. The molecule has 0 N–H and O–H groups in total. The van der Waals surface area contributed by atoms with Gasteiger partial charge in [-0.3, -0.25) is 9.59 Å². The first-order valence-electron chi connectivity index (χ1n) is 10.1. The molecule has 0 aromatic carbocycles. The summed E-state index contributed by atoms with van der Waals surface area (Å²) in [5.74, 6) is 0.681. The van der Waals surface area contributed by atoms with Crippen molar-refractivity contribution in [1.82, 2.24) is 0 Å². The van der Waals surface area contributed by atoms with Crippen molar-refractivity contribution in [2.45, 2.75) is 90.3 Å². The van der Waals surface area contributed by atoms with Crippen LogP contribution in [0.15, 0.2) is 0 Å². The summed E-state index contributed by atoms with van der Waals surface area (Å²) < 4.78 is 22.1. The lowest BCUT2D eigenvalue weighted by molar-refractivity contribution is -0.202. The Balaban J connectivity index is 1.61. The molecule has 25 heavy (non-hydrogen) atoms. The predicted molar refractivity (Wildman–Crippen MR) is 92.6 cm³/mol. The second kappa shape index (κ2) is 5.53. The summed E-state index contributed by atoms with van der Waals surface area (Å²) in [4.78, 5) is 23.8. The minimum Gasteiger partial charge on any atom is -0.463 e. The maximum Gasteiger partial charge on any atom is 0.302 e. The molecule has 4 fully saturated rings. The highest BCUT2D eigenvalue weighted by atomic mass is 19.1. The number of carbonyl (C=O) groups is 2. The van der Waals surface area contributed by atoms with Crippen molar-refractivity contribution in [2.24, 2.45) is 28.6 Å². The van der Waals surface area contributed by atoms with E-state index in [0.717, 1.165) is 38.5 Å². The fourth-order valence-corrected chi connectivity index (χ4v) is 7.22. The van der Waals surface area contributed by atoms with E-state index >= 15 is 4.39 Å². The van der Waals surface area contributed by atoms with Gasteiger partial charge in [0, 0.05) is 24.2 Å². The van der Waals surface area contributed by atoms with Crippen LogP contribution in [0.4, 0.5) is 4.39 Å². The van der Waals surface area contributed by atoms with E-state index < -0.39 is 5.67 Å². The number of rotatable bonds is 1. The number of carbonyl (C=O) groups excluding carboxylic acids is 2. The van der Waals surface area contributed by atoms with Crippen molar-refractivity contribution in [2.75, 3.05) is 0 Å². The molecule has 0 amide bonds. The SMILES string of the molecule is CC(=O)O[C@@H]1CC[C@@]2(C)C(CC[C@H]3[C@@H]4CCC(=O)[C@@]4(C)CC[C@@]32F)C1. The van der Waals surface area contributed by atoms with E-state index in [1.807, 2.05) is 0 Å². The van der Waals surface area contributed by atoms with Gasteiger partial charge in [-0.2, -0.15) is 0 Å². The lowest BCUT2D eigenvalue weighted by Gasteiger charge is -2.63. The molecule has 0 saturated heterocycles. The first kappa shape index (κ1) is 17.5. The molecule has 0 aromatic rings. The number of esters is 1. The third kappa shape index (κ3) is 2.28. The standard InChI is InChI=1S/C21H31FO3/c1-13(23)25-15-8-9-20(3)14(12-15)4-5-17-16-6-7-18(24)19(16,2)10-11-21(17,20)22/h14-17H,4-12H2,1-3H3/t14?,15-,16+,17+,19+,20+,21-/m1/s1. The Morgan fingerprint density at radius 1 is 1.08 bits per heavy atom. The molecule has 0 bridgehead atoms. The molecule has 4 aliphatic carbocycles. The number of hydrogen-bond donors (Lipinski definition) is 0. The summed E-state index contributed by atoms with van der Waals surface area (Å²) in [5, 5.41) is 0. The Morgan fingerprint density at radius 2 is 1.84 bits per heavy atom. The average molecular weight is 350 g/mol. The number of fused-ring (bicyclic) bond motifs is 5. The van der Waals surface area contributed by atoms with Crippen LogP contribution in [0.1, 0.15) is 78.6 Å². The van der Waals surface area contributed by atoms with Gasteiger partial charge in [0.25, 0.3) is 0 Å². The Bertz CT molecular complexity index is 604. The van der Waals surface area contributed by atoms with Gasteiger partial charge in [-0.15, -0.1) is 0 Å². The van der Waals surface area contributed by atoms with E-state index in [0.29, 0.717) is 25.0 Å². The van der Waals surface area contributed by atoms with E-state index in [2.05, 4.69) is 13.8 Å². The van der Waals surface area contributed by atoms with Crippen LogP contribution >= 0.6 is 0 Å². The second-order valence-electron chi connectivity index (χ2n) is 9.65. The summed E-state index contributed by atoms with van der Waals surface area (Å²) in [6.07, 6.45) is 6.97. The van der Waals surface area contributed by atoms with Gasteiger partial charge in [0.05, 0.1) is 0 Å². The fourth-order valence-electron chi connectivity index (χ4n) is 7.22. The number of Topliss-reactive ketones (excluding diaryl/α,β-unsaturated/α-hetero) is 1. The molecule has 0 spiro atoms. The van der Waals surface area contributed by atoms with Gasteiger partial charge in [0.15, 0.2) is 0 Å². The molecule has 1 unspecified atom stereocenters. The molecule has 3 nitrogen and oxygen atoms in total. The molecule has 4 saturated carbocycles.